The number of hydrogen-bond donors (Lipinski definition) is 0. The van der Waals surface area contributed by atoms with Gasteiger partial charge in [-0.05, 0) is 67.4 Å². The van der Waals surface area contributed by atoms with Crippen LogP contribution in [0.1, 0.15) is 22.3 Å². The second-order valence-electron chi connectivity index (χ2n) is 7.17. The largest absolute Gasteiger partial charge is 0.486 e. The van der Waals surface area contributed by atoms with Gasteiger partial charge in [-0.1, -0.05) is 6.07 Å². The maximum Gasteiger partial charge on any atom is 0.336 e. The fourth-order valence-corrected chi connectivity index (χ4v) is 3.46. The Hall–Kier alpha value is -2.79. The molecule has 0 amide bonds. The maximum absolute atomic E-state index is 12.0. The van der Waals surface area contributed by atoms with E-state index >= 15 is 0 Å². The molecule has 0 aliphatic carbocycles. The molecule has 0 saturated carbocycles. The molecule has 0 saturated heterocycles. The lowest BCUT2D eigenvalue weighted by Gasteiger charge is -2.21. The summed E-state index contributed by atoms with van der Waals surface area (Å²) >= 11 is 0. The van der Waals surface area contributed by atoms with Crippen molar-refractivity contribution in [2.75, 3.05) is 20.3 Å². The molecule has 2 heterocycles. The van der Waals surface area contributed by atoms with Crippen LogP contribution in [0.15, 0.2) is 45.6 Å². The molecule has 0 spiro atoms. The van der Waals surface area contributed by atoms with Gasteiger partial charge in [-0.2, -0.15) is 0 Å². The Bertz CT molecular complexity index is 1050. The van der Waals surface area contributed by atoms with Crippen LogP contribution in [0.5, 0.6) is 11.5 Å². The topological polar surface area (TPSA) is 51.9 Å². The quantitative estimate of drug-likeness (QED) is 0.658. The standard InChI is InChI=1S/C22H23NO4/c1-14-8-18-17(11-22(24)27-20(18)9-15(14)2)13-23(3)12-16-4-5-19-21(10-16)26-7-6-25-19/h4-5,8-11H,6-7,12-13H2,1-3H3. The fourth-order valence-electron chi connectivity index (χ4n) is 3.46. The van der Waals surface area contributed by atoms with Crippen LogP contribution in [0.25, 0.3) is 11.0 Å². The van der Waals surface area contributed by atoms with E-state index in [-0.39, 0.29) is 5.63 Å². The Morgan fingerprint density at radius 1 is 0.926 bits per heavy atom. The van der Waals surface area contributed by atoms with Gasteiger partial charge in [-0.25, -0.2) is 4.79 Å². The molecule has 27 heavy (non-hydrogen) atoms. The van der Waals surface area contributed by atoms with Crippen LogP contribution in [-0.2, 0) is 13.1 Å². The molecule has 3 aromatic rings. The summed E-state index contributed by atoms with van der Waals surface area (Å²) in [6, 6.07) is 11.7. The molecule has 1 aromatic heterocycles. The van der Waals surface area contributed by atoms with Crippen molar-refractivity contribution in [2.24, 2.45) is 0 Å². The molecule has 5 heteroatoms. The van der Waals surface area contributed by atoms with Crippen molar-refractivity contribution < 1.29 is 13.9 Å². The number of nitrogens with zero attached hydrogens (tertiary/aromatic N) is 1. The van der Waals surface area contributed by atoms with E-state index in [9.17, 15) is 4.79 Å². The van der Waals surface area contributed by atoms with Crippen molar-refractivity contribution in [2.45, 2.75) is 26.9 Å². The Labute approximate surface area is 158 Å². The average Bonchev–Trinajstić information content (AvgIpc) is 2.63. The Morgan fingerprint density at radius 3 is 2.48 bits per heavy atom. The van der Waals surface area contributed by atoms with Gasteiger partial charge < -0.3 is 13.9 Å². The predicted molar refractivity (Wildman–Crippen MR) is 105 cm³/mol. The van der Waals surface area contributed by atoms with E-state index in [1.165, 1.54) is 5.56 Å². The number of ether oxygens (including phenoxy) is 2. The smallest absolute Gasteiger partial charge is 0.336 e. The number of benzene rings is 2. The number of fused-ring (bicyclic) bond motifs is 2. The van der Waals surface area contributed by atoms with E-state index in [4.69, 9.17) is 13.9 Å². The Balaban J connectivity index is 1.58. The van der Waals surface area contributed by atoms with Gasteiger partial charge in [0.1, 0.15) is 18.8 Å². The third kappa shape index (κ3) is 3.69. The first-order valence-electron chi connectivity index (χ1n) is 9.10. The summed E-state index contributed by atoms with van der Waals surface area (Å²) in [5.41, 5.74) is 4.76. The van der Waals surface area contributed by atoms with E-state index in [1.54, 1.807) is 6.07 Å². The molecule has 140 valence electrons. The van der Waals surface area contributed by atoms with Crippen LogP contribution < -0.4 is 15.1 Å². The Morgan fingerprint density at radius 2 is 1.67 bits per heavy atom. The van der Waals surface area contributed by atoms with Crippen molar-refractivity contribution >= 4 is 11.0 Å². The molecule has 0 radical (unpaired) electrons. The van der Waals surface area contributed by atoms with Gasteiger partial charge in [0.15, 0.2) is 11.5 Å². The minimum Gasteiger partial charge on any atom is -0.486 e. The highest BCUT2D eigenvalue weighted by atomic mass is 16.6. The minimum absolute atomic E-state index is 0.312. The summed E-state index contributed by atoms with van der Waals surface area (Å²) in [5, 5.41) is 0.992. The fraction of sp³-hybridized carbons (Fsp3) is 0.318. The predicted octanol–water partition coefficient (Wildman–Crippen LogP) is 3.81. The molecule has 1 aliphatic rings. The van der Waals surface area contributed by atoms with Crippen LogP contribution in [0, 0.1) is 13.8 Å². The molecule has 0 N–H and O–H groups in total. The molecule has 2 aromatic carbocycles. The van der Waals surface area contributed by atoms with Crippen molar-refractivity contribution in [3.63, 3.8) is 0 Å². The first-order valence-corrected chi connectivity index (χ1v) is 9.10. The van der Waals surface area contributed by atoms with Crippen LogP contribution >= 0.6 is 0 Å². The first kappa shape index (κ1) is 17.6. The molecular formula is C22H23NO4. The van der Waals surface area contributed by atoms with Crippen LogP contribution in [-0.4, -0.2) is 25.2 Å². The van der Waals surface area contributed by atoms with E-state index in [0.717, 1.165) is 40.1 Å². The minimum atomic E-state index is -0.312. The molecule has 0 atom stereocenters. The van der Waals surface area contributed by atoms with E-state index in [1.807, 2.05) is 32.2 Å². The zero-order valence-electron chi connectivity index (χ0n) is 15.9. The zero-order chi connectivity index (χ0) is 19.0. The maximum atomic E-state index is 12.0. The molecule has 1 aliphatic heterocycles. The Kier molecular flexibility index (Phi) is 4.62. The summed E-state index contributed by atoms with van der Waals surface area (Å²) < 4.78 is 16.6. The lowest BCUT2D eigenvalue weighted by molar-refractivity contribution is 0.171. The van der Waals surface area contributed by atoms with Crippen LogP contribution in [0.3, 0.4) is 0 Å². The lowest BCUT2D eigenvalue weighted by Crippen LogP contribution is -2.19. The molecule has 5 nitrogen and oxygen atoms in total. The van der Waals surface area contributed by atoms with Crippen molar-refractivity contribution in [1.82, 2.24) is 4.90 Å². The summed E-state index contributed by atoms with van der Waals surface area (Å²) in [7, 11) is 2.04. The normalized spacial score (nSPS) is 13.3. The third-order valence-corrected chi connectivity index (χ3v) is 4.94. The summed E-state index contributed by atoms with van der Waals surface area (Å²) in [6.45, 7) is 6.66. The molecule has 4 rings (SSSR count). The van der Waals surface area contributed by atoms with Gasteiger partial charge in [0, 0.05) is 24.5 Å². The lowest BCUT2D eigenvalue weighted by atomic mass is 10.0. The number of aryl methyl sites for hydroxylation is 2. The summed E-state index contributed by atoms with van der Waals surface area (Å²) in [4.78, 5) is 14.2. The van der Waals surface area contributed by atoms with Gasteiger partial charge in [-0.15, -0.1) is 0 Å². The highest BCUT2D eigenvalue weighted by Crippen LogP contribution is 2.31. The first-order chi connectivity index (χ1) is 13.0. The molecule has 0 fully saturated rings. The highest BCUT2D eigenvalue weighted by Gasteiger charge is 2.14. The molecular weight excluding hydrogens is 342 g/mol. The summed E-state index contributed by atoms with van der Waals surface area (Å²) in [6.07, 6.45) is 0. The summed E-state index contributed by atoms with van der Waals surface area (Å²) in [5.74, 6) is 1.59. The third-order valence-electron chi connectivity index (χ3n) is 4.94. The second-order valence-corrected chi connectivity index (χ2v) is 7.17. The van der Waals surface area contributed by atoms with Gasteiger partial charge >= 0.3 is 5.63 Å². The molecule has 0 bridgehead atoms. The second kappa shape index (κ2) is 7.08. The van der Waals surface area contributed by atoms with Gasteiger partial charge in [0.2, 0.25) is 0 Å². The van der Waals surface area contributed by atoms with E-state index in [2.05, 4.69) is 24.0 Å². The van der Waals surface area contributed by atoms with E-state index < -0.39 is 0 Å². The van der Waals surface area contributed by atoms with Crippen molar-refractivity contribution in [3.8, 4) is 11.5 Å². The van der Waals surface area contributed by atoms with Gasteiger partial charge in [-0.3, -0.25) is 4.90 Å². The van der Waals surface area contributed by atoms with Gasteiger partial charge in [0.05, 0.1) is 0 Å². The van der Waals surface area contributed by atoms with Crippen molar-refractivity contribution in [1.29, 1.82) is 0 Å². The number of rotatable bonds is 4. The van der Waals surface area contributed by atoms with Crippen molar-refractivity contribution in [3.05, 3.63) is 69.1 Å². The van der Waals surface area contributed by atoms with Crippen LogP contribution in [0.4, 0.5) is 0 Å². The number of hydrogen-bond acceptors (Lipinski definition) is 5. The van der Waals surface area contributed by atoms with Gasteiger partial charge in [0.25, 0.3) is 0 Å². The monoisotopic (exact) mass is 365 g/mol. The average molecular weight is 365 g/mol. The van der Waals surface area contributed by atoms with E-state index in [0.29, 0.717) is 25.3 Å². The zero-order valence-corrected chi connectivity index (χ0v) is 15.9. The molecule has 0 unspecified atom stereocenters. The highest BCUT2D eigenvalue weighted by molar-refractivity contribution is 5.81. The SMILES string of the molecule is Cc1cc2oc(=O)cc(CN(C)Cc3ccc4c(c3)OCCO4)c2cc1C. The van der Waals surface area contributed by atoms with Crippen LogP contribution in [0.2, 0.25) is 0 Å².